The second-order valence-electron chi connectivity index (χ2n) is 4.87. The molecule has 2 N–H and O–H groups in total. The molecule has 3 rings (SSSR count). The van der Waals surface area contributed by atoms with E-state index in [-0.39, 0.29) is 23.4 Å². The number of hydrogen-bond acceptors (Lipinski definition) is 4. The predicted octanol–water partition coefficient (Wildman–Crippen LogP) is 2.75. The third kappa shape index (κ3) is 2.11. The first kappa shape index (κ1) is 14.1. The van der Waals surface area contributed by atoms with Crippen LogP contribution in [0.5, 0.6) is 5.75 Å². The van der Waals surface area contributed by atoms with Crippen LogP contribution in [0.2, 0.25) is 0 Å². The highest BCUT2D eigenvalue weighted by Crippen LogP contribution is 2.30. The summed E-state index contributed by atoms with van der Waals surface area (Å²) in [6.45, 7) is 1.90. The summed E-state index contributed by atoms with van der Waals surface area (Å²) in [6, 6.07) is 3.06. The van der Waals surface area contributed by atoms with E-state index in [0.29, 0.717) is 17.0 Å². The van der Waals surface area contributed by atoms with Gasteiger partial charge in [-0.05, 0) is 25.1 Å². The van der Waals surface area contributed by atoms with Gasteiger partial charge in [-0.1, -0.05) is 0 Å². The number of carbonyl (C=O) groups is 1. The number of hydrogen-bond donors (Lipinski definition) is 2. The molecule has 7 heteroatoms. The summed E-state index contributed by atoms with van der Waals surface area (Å²) in [6.07, 6.45) is 0. The van der Waals surface area contributed by atoms with E-state index in [1.165, 1.54) is 6.07 Å². The molecule has 1 aliphatic heterocycles. The Bertz CT molecular complexity index is 824. The summed E-state index contributed by atoms with van der Waals surface area (Å²) in [5.41, 5.74) is 1.58. The largest absolute Gasteiger partial charge is 0.503 e. The monoisotopic (exact) mass is 304 g/mol. The van der Waals surface area contributed by atoms with Crippen LogP contribution in [-0.4, -0.2) is 26.9 Å². The van der Waals surface area contributed by atoms with Crippen LogP contribution < -0.4 is 0 Å². The van der Waals surface area contributed by atoms with Crippen LogP contribution in [0, 0.1) is 11.6 Å². The van der Waals surface area contributed by atoms with E-state index in [2.05, 4.69) is 9.98 Å². The number of aliphatic imine (C=N–C) groups is 1. The Balaban J connectivity index is 2.22. The molecule has 1 aliphatic rings. The maximum atomic E-state index is 13.5. The molecular weight excluding hydrogens is 294 g/mol. The number of aromatic carboxylic acids is 1. The van der Waals surface area contributed by atoms with Crippen LogP contribution in [0.4, 0.5) is 8.78 Å². The van der Waals surface area contributed by atoms with Gasteiger partial charge >= 0.3 is 5.97 Å². The molecule has 0 spiro atoms. The van der Waals surface area contributed by atoms with E-state index in [9.17, 15) is 18.7 Å². The van der Waals surface area contributed by atoms with Crippen molar-refractivity contribution in [3.63, 3.8) is 0 Å². The third-order valence-electron chi connectivity index (χ3n) is 3.47. The van der Waals surface area contributed by atoms with Crippen molar-refractivity contribution < 1.29 is 23.8 Å². The highest BCUT2D eigenvalue weighted by atomic mass is 19.1. The zero-order chi connectivity index (χ0) is 16.0. The van der Waals surface area contributed by atoms with Gasteiger partial charge in [0.15, 0.2) is 17.4 Å². The molecule has 0 unspecified atom stereocenters. The Morgan fingerprint density at radius 1 is 1.23 bits per heavy atom. The highest BCUT2D eigenvalue weighted by Gasteiger charge is 2.24. The summed E-state index contributed by atoms with van der Waals surface area (Å²) in [4.78, 5) is 19.8. The van der Waals surface area contributed by atoms with Crippen LogP contribution in [0.1, 0.15) is 28.5 Å². The van der Waals surface area contributed by atoms with Crippen LogP contribution in [-0.2, 0) is 6.54 Å². The predicted molar refractivity (Wildman–Crippen MR) is 74.1 cm³/mol. The van der Waals surface area contributed by atoms with E-state index in [0.717, 1.165) is 12.1 Å². The van der Waals surface area contributed by atoms with Gasteiger partial charge < -0.3 is 10.2 Å². The van der Waals surface area contributed by atoms with Crippen molar-refractivity contribution in [2.24, 2.45) is 4.99 Å². The number of halogens is 2. The molecule has 0 aliphatic carbocycles. The molecule has 5 nitrogen and oxygen atoms in total. The topological polar surface area (TPSA) is 82.8 Å². The average molecular weight is 304 g/mol. The molecule has 1 aromatic heterocycles. The van der Waals surface area contributed by atoms with Gasteiger partial charge in [-0.2, -0.15) is 0 Å². The van der Waals surface area contributed by atoms with Crippen molar-refractivity contribution in [3.05, 3.63) is 46.7 Å². The van der Waals surface area contributed by atoms with Gasteiger partial charge in [0.05, 0.1) is 23.5 Å². The lowest BCUT2D eigenvalue weighted by Crippen LogP contribution is -2.09. The van der Waals surface area contributed by atoms with Gasteiger partial charge in [-0.3, -0.25) is 9.98 Å². The Hall–Kier alpha value is -2.83. The normalized spacial score (nSPS) is 13.0. The van der Waals surface area contributed by atoms with E-state index < -0.39 is 23.4 Å². The van der Waals surface area contributed by atoms with E-state index >= 15 is 0 Å². The Morgan fingerprint density at radius 3 is 2.45 bits per heavy atom. The number of carboxylic acids is 1. The van der Waals surface area contributed by atoms with Crippen molar-refractivity contribution in [1.82, 2.24) is 4.98 Å². The minimum absolute atomic E-state index is 0.0207. The summed E-state index contributed by atoms with van der Waals surface area (Å²) in [7, 11) is 0. The average Bonchev–Trinajstić information content (AvgIpc) is 2.84. The van der Waals surface area contributed by atoms with Crippen LogP contribution in [0.15, 0.2) is 23.2 Å². The number of pyridine rings is 1. The molecule has 0 saturated heterocycles. The van der Waals surface area contributed by atoms with Crippen LogP contribution in [0.3, 0.4) is 0 Å². The molecule has 22 heavy (non-hydrogen) atoms. The lowest BCUT2D eigenvalue weighted by Gasteiger charge is -2.09. The van der Waals surface area contributed by atoms with Gasteiger partial charge in [-0.15, -0.1) is 0 Å². The van der Waals surface area contributed by atoms with Crippen LogP contribution >= 0.6 is 0 Å². The third-order valence-corrected chi connectivity index (χ3v) is 3.47. The Labute approximate surface area is 123 Å². The SMILES string of the molecule is CC1=NCc2nc(-c3cc(F)c(O)c(F)c3)cc(C(=O)O)c21. The van der Waals surface area contributed by atoms with E-state index in [1.54, 1.807) is 6.92 Å². The van der Waals surface area contributed by atoms with Gasteiger partial charge in [0.1, 0.15) is 0 Å². The second kappa shape index (κ2) is 4.87. The number of aromatic nitrogens is 1. The molecule has 112 valence electrons. The smallest absolute Gasteiger partial charge is 0.336 e. The molecule has 0 saturated carbocycles. The van der Waals surface area contributed by atoms with Crippen molar-refractivity contribution in [3.8, 4) is 17.0 Å². The first-order chi connectivity index (χ1) is 10.4. The Morgan fingerprint density at radius 2 is 1.86 bits per heavy atom. The van der Waals surface area contributed by atoms with Gasteiger partial charge in [0.2, 0.25) is 0 Å². The quantitative estimate of drug-likeness (QED) is 0.893. The lowest BCUT2D eigenvalue weighted by atomic mass is 10.0. The zero-order valence-corrected chi connectivity index (χ0v) is 11.4. The van der Waals surface area contributed by atoms with Gasteiger partial charge in [0.25, 0.3) is 0 Å². The van der Waals surface area contributed by atoms with E-state index in [4.69, 9.17) is 5.11 Å². The number of rotatable bonds is 2. The second-order valence-corrected chi connectivity index (χ2v) is 4.87. The highest BCUT2D eigenvalue weighted by molar-refractivity contribution is 6.10. The fraction of sp³-hybridized carbons (Fsp3) is 0.133. The first-order valence-electron chi connectivity index (χ1n) is 6.35. The number of aromatic hydroxyl groups is 1. The number of phenols is 1. The number of phenolic OH excluding ortho intramolecular Hbond substituents is 1. The molecule has 2 heterocycles. The summed E-state index contributed by atoms with van der Waals surface area (Å²) in [5, 5.41) is 18.4. The molecule has 0 bridgehead atoms. The Kier molecular flexibility index (Phi) is 3.13. The van der Waals surface area contributed by atoms with Crippen molar-refractivity contribution in [2.75, 3.05) is 0 Å². The van der Waals surface area contributed by atoms with Crippen LogP contribution in [0.25, 0.3) is 11.3 Å². The number of nitrogens with zero attached hydrogens (tertiary/aromatic N) is 2. The molecule has 0 radical (unpaired) electrons. The molecular formula is C15H10F2N2O3. The summed E-state index contributed by atoms with van der Waals surface area (Å²) < 4.78 is 26.9. The van der Waals surface area contributed by atoms with Crippen molar-refractivity contribution in [1.29, 1.82) is 0 Å². The zero-order valence-electron chi connectivity index (χ0n) is 11.4. The van der Waals surface area contributed by atoms with Gasteiger partial charge in [-0.25, -0.2) is 13.6 Å². The van der Waals surface area contributed by atoms with Crippen molar-refractivity contribution >= 4 is 11.7 Å². The maximum Gasteiger partial charge on any atom is 0.336 e. The minimum Gasteiger partial charge on any atom is -0.503 e. The van der Waals surface area contributed by atoms with Crippen molar-refractivity contribution in [2.45, 2.75) is 13.5 Å². The molecule has 0 fully saturated rings. The molecule has 0 amide bonds. The number of fused-ring (bicyclic) bond motifs is 1. The van der Waals surface area contributed by atoms with Gasteiger partial charge in [0, 0.05) is 16.8 Å². The van der Waals surface area contributed by atoms with E-state index in [1.807, 2.05) is 0 Å². The fourth-order valence-corrected chi connectivity index (χ4v) is 2.42. The summed E-state index contributed by atoms with van der Waals surface area (Å²) >= 11 is 0. The molecule has 0 atom stereocenters. The number of benzene rings is 1. The molecule has 1 aromatic carbocycles. The lowest BCUT2D eigenvalue weighted by molar-refractivity contribution is 0.0696. The molecule has 2 aromatic rings. The summed E-state index contributed by atoms with van der Waals surface area (Å²) in [5.74, 6) is -4.53. The fourth-order valence-electron chi connectivity index (χ4n) is 2.42. The standard InChI is InChI=1S/C15H10F2N2O3/c1-6-13-8(15(21)22)4-11(19-12(13)5-18-6)7-2-9(16)14(20)10(17)3-7/h2-4,20H,5H2,1H3,(H,21,22). The minimum atomic E-state index is -1.17. The number of carboxylic acid groups (broad SMARTS) is 1. The first-order valence-corrected chi connectivity index (χ1v) is 6.35. The maximum absolute atomic E-state index is 13.5.